The molecule has 0 aliphatic rings. The zero-order valence-electron chi connectivity index (χ0n) is 10.7. The lowest BCUT2D eigenvalue weighted by molar-refractivity contribution is -0.257. The molecular formula is C14H12NO5-. The first kappa shape index (κ1) is 13.7. The van der Waals surface area contributed by atoms with Gasteiger partial charge in [0.25, 0.3) is 5.91 Å². The van der Waals surface area contributed by atoms with Gasteiger partial charge in [-0.15, -0.1) is 0 Å². The first-order chi connectivity index (χ1) is 9.61. The van der Waals surface area contributed by atoms with E-state index in [2.05, 4.69) is 5.32 Å². The number of carboxylic acids is 1. The van der Waals surface area contributed by atoms with Gasteiger partial charge in [-0.05, 0) is 30.3 Å². The Kier molecular flexibility index (Phi) is 4.05. The highest BCUT2D eigenvalue weighted by Gasteiger charge is 2.10. The molecule has 1 amide bonds. The summed E-state index contributed by atoms with van der Waals surface area (Å²) in [5, 5.41) is 13.3. The molecule has 0 bridgehead atoms. The Balaban J connectivity index is 2.01. The van der Waals surface area contributed by atoms with Crippen LogP contribution in [0.25, 0.3) is 0 Å². The van der Waals surface area contributed by atoms with Gasteiger partial charge in [0.1, 0.15) is 11.7 Å². The van der Waals surface area contributed by atoms with E-state index in [9.17, 15) is 14.7 Å². The van der Waals surface area contributed by atoms with Gasteiger partial charge in [-0.2, -0.15) is 0 Å². The number of nitrogens with one attached hydrogen (secondary N) is 1. The zero-order valence-corrected chi connectivity index (χ0v) is 10.7. The molecule has 6 nitrogen and oxygen atoms in total. The van der Waals surface area contributed by atoms with E-state index in [1.807, 2.05) is 0 Å². The maximum absolute atomic E-state index is 11.9. The summed E-state index contributed by atoms with van der Waals surface area (Å²) in [6, 6.07) is 8.03. The van der Waals surface area contributed by atoms with Crippen LogP contribution in [-0.2, 0) is 6.54 Å². The number of benzene rings is 1. The molecule has 1 aromatic carbocycles. The third-order valence-electron chi connectivity index (χ3n) is 2.72. The summed E-state index contributed by atoms with van der Waals surface area (Å²) in [7, 11) is 1.54. The first-order valence-corrected chi connectivity index (χ1v) is 5.82. The fourth-order valence-corrected chi connectivity index (χ4v) is 1.67. The smallest absolute Gasteiger partial charge is 0.251 e. The van der Waals surface area contributed by atoms with Crippen LogP contribution in [0.1, 0.15) is 26.5 Å². The molecule has 2 aromatic rings. The second-order valence-electron chi connectivity index (χ2n) is 3.97. The molecule has 0 unspecified atom stereocenters. The molecule has 104 valence electrons. The fraction of sp³-hybridized carbons (Fsp3) is 0.143. The van der Waals surface area contributed by atoms with Crippen LogP contribution in [0, 0.1) is 0 Å². The molecule has 2 rings (SSSR count). The minimum absolute atomic E-state index is 0.0463. The SMILES string of the molecule is COc1ccc(C(=O)NCc2ccoc2C(=O)[O-])cc1. The van der Waals surface area contributed by atoms with Gasteiger partial charge < -0.3 is 24.4 Å². The second-order valence-corrected chi connectivity index (χ2v) is 3.97. The molecule has 0 spiro atoms. The summed E-state index contributed by atoms with van der Waals surface area (Å²) in [6.45, 7) is 0.0463. The predicted molar refractivity (Wildman–Crippen MR) is 67.2 cm³/mol. The van der Waals surface area contributed by atoms with E-state index in [0.717, 1.165) is 0 Å². The number of hydrogen-bond donors (Lipinski definition) is 1. The van der Waals surface area contributed by atoms with Gasteiger partial charge in [0.05, 0.1) is 13.4 Å². The van der Waals surface area contributed by atoms with Crippen LogP contribution >= 0.6 is 0 Å². The summed E-state index contributed by atoms with van der Waals surface area (Å²) in [4.78, 5) is 22.6. The maximum atomic E-state index is 11.9. The van der Waals surface area contributed by atoms with Gasteiger partial charge in [0.15, 0.2) is 5.76 Å². The molecule has 0 atom stereocenters. The summed E-state index contributed by atoms with van der Waals surface area (Å²) in [6.07, 6.45) is 1.24. The molecule has 0 fully saturated rings. The first-order valence-electron chi connectivity index (χ1n) is 5.82. The molecule has 1 N–H and O–H groups in total. The van der Waals surface area contributed by atoms with Crippen LogP contribution in [0.15, 0.2) is 41.0 Å². The second kappa shape index (κ2) is 5.92. The molecular weight excluding hydrogens is 262 g/mol. The Morgan fingerprint density at radius 1 is 1.25 bits per heavy atom. The minimum atomic E-state index is -1.41. The van der Waals surface area contributed by atoms with E-state index >= 15 is 0 Å². The van der Waals surface area contributed by atoms with Gasteiger partial charge in [-0.1, -0.05) is 0 Å². The number of ether oxygens (including phenoxy) is 1. The zero-order chi connectivity index (χ0) is 14.5. The van der Waals surface area contributed by atoms with E-state index in [-0.39, 0.29) is 18.2 Å². The van der Waals surface area contributed by atoms with Crippen LogP contribution in [0.3, 0.4) is 0 Å². The van der Waals surface area contributed by atoms with Crippen LogP contribution in [0.4, 0.5) is 0 Å². The standard InChI is InChI=1S/C14H13NO5/c1-19-11-4-2-9(3-5-11)13(16)15-8-10-6-7-20-12(10)14(17)18/h2-7H,8H2,1H3,(H,15,16)(H,17,18)/p-1. The summed E-state index contributed by atoms with van der Waals surface area (Å²) >= 11 is 0. The molecule has 0 aliphatic heterocycles. The molecule has 0 saturated carbocycles. The number of methoxy groups -OCH3 is 1. The summed E-state index contributed by atoms with van der Waals surface area (Å²) < 4.78 is 9.76. The summed E-state index contributed by atoms with van der Waals surface area (Å²) in [5.41, 5.74) is 0.802. The van der Waals surface area contributed by atoms with Crippen molar-refractivity contribution in [3.05, 3.63) is 53.5 Å². The van der Waals surface area contributed by atoms with Crippen molar-refractivity contribution in [3.8, 4) is 5.75 Å². The Labute approximate surface area is 115 Å². The number of carbonyl (C=O) groups is 2. The number of hydrogen-bond acceptors (Lipinski definition) is 5. The molecule has 0 aliphatic carbocycles. The van der Waals surface area contributed by atoms with E-state index in [1.165, 1.54) is 19.4 Å². The fourth-order valence-electron chi connectivity index (χ4n) is 1.67. The van der Waals surface area contributed by atoms with Crippen molar-refractivity contribution in [3.63, 3.8) is 0 Å². The lowest BCUT2D eigenvalue weighted by Gasteiger charge is -2.07. The topological polar surface area (TPSA) is 91.6 Å². The van der Waals surface area contributed by atoms with E-state index < -0.39 is 5.97 Å². The van der Waals surface area contributed by atoms with Crippen molar-refractivity contribution in [1.82, 2.24) is 5.32 Å². The van der Waals surface area contributed by atoms with E-state index in [4.69, 9.17) is 9.15 Å². The molecule has 20 heavy (non-hydrogen) atoms. The Hall–Kier alpha value is -2.76. The average molecular weight is 274 g/mol. The van der Waals surface area contributed by atoms with Crippen molar-refractivity contribution >= 4 is 11.9 Å². The molecule has 6 heteroatoms. The van der Waals surface area contributed by atoms with Crippen LogP contribution in [0.2, 0.25) is 0 Å². The Morgan fingerprint density at radius 3 is 2.55 bits per heavy atom. The molecule has 1 heterocycles. The Morgan fingerprint density at radius 2 is 1.95 bits per heavy atom. The third kappa shape index (κ3) is 2.97. The normalized spacial score (nSPS) is 10.1. The van der Waals surface area contributed by atoms with Gasteiger partial charge in [0.2, 0.25) is 0 Å². The van der Waals surface area contributed by atoms with E-state index in [0.29, 0.717) is 16.9 Å². The highest BCUT2D eigenvalue weighted by molar-refractivity contribution is 5.94. The van der Waals surface area contributed by atoms with Gasteiger partial charge in [0, 0.05) is 17.7 Å². The molecule has 1 aromatic heterocycles. The van der Waals surface area contributed by atoms with Crippen molar-refractivity contribution in [2.45, 2.75) is 6.54 Å². The van der Waals surface area contributed by atoms with Crippen molar-refractivity contribution in [2.75, 3.05) is 7.11 Å². The monoisotopic (exact) mass is 274 g/mol. The number of carbonyl (C=O) groups excluding carboxylic acids is 2. The molecule has 0 saturated heterocycles. The van der Waals surface area contributed by atoms with Crippen molar-refractivity contribution < 1.29 is 23.8 Å². The third-order valence-corrected chi connectivity index (χ3v) is 2.72. The van der Waals surface area contributed by atoms with Gasteiger partial charge >= 0.3 is 0 Å². The minimum Gasteiger partial charge on any atom is -0.542 e. The lowest BCUT2D eigenvalue weighted by atomic mass is 10.2. The quantitative estimate of drug-likeness (QED) is 0.861. The number of furan rings is 1. The predicted octanol–water partition coefficient (Wildman–Crippen LogP) is 0.582. The summed E-state index contributed by atoms with van der Waals surface area (Å²) in [5.74, 6) is -1.36. The van der Waals surface area contributed by atoms with Gasteiger partial charge in [-0.25, -0.2) is 0 Å². The van der Waals surface area contributed by atoms with Crippen molar-refractivity contribution in [1.29, 1.82) is 0 Å². The highest BCUT2D eigenvalue weighted by atomic mass is 16.5. The highest BCUT2D eigenvalue weighted by Crippen LogP contribution is 2.12. The number of aromatic carboxylic acids is 1. The van der Waals surface area contributed by atoms with Crippen molar-refractivity contribution in [2.24, 2.45) is 0 Å². The average Bonchev–Trinajstić information content (AvgIpc) is 2.93. The Bertz CT molecular complexity index is 615. The molecule has 0 radical (unpaired) electrons. The maximum Gasteiger partial charge on any atom is 0.251 e. The van der Waals surface area contributed by atoms with E-state index in [1.54, 1.807) is 24.3 Å². The van der Waals surface area contributed by atoms with Crippen LogP contribution in [0.5, 0.6) is 5.75 Å². The lowest BCUT2D eigenvalue weighted by Crippen LogP contribution is -2.26. The van der Waals surface area contributed by atoms with Crippen LogP contribution in [-0.4, -0.2) is 19.0 Å². The van der Waals surface area contributed by atoms with Gasteiger partial charge in [-0.3, -0.25) is 4.79 Å². The number of carboxylic acid groups (broad SMARTS) is 1. The number of amides is 1. The van der Waals surface area contributed by atoms with Crippen LogP contribution < -0.4 is 15.2 Å². The number of rotatable bonds is 5. The largest absolute Gasteiger partial charge is 0.542 e.